The van der Waals surface area contributed by atoms with Gasteiger partial charge in [0.05, 0.1) is 0 Å². The van der Waals surface area contributed by atoms with Crippen molar-refractivity contribution in [3.8, 4) is 0 Å². The summed E-state index contributed by atoms with van der Waals surface area (Å²) in [5.74, 6) is -1.03. The first-order valence-electron chi connectivity index (χ1n) is 6.06. The quantitative estimate of drug-likeness (QED) is 0.795. The number of amides is 1. The lowest BCUT2D eigenvalue weighted by Gasteiger charge is -2.20. The topological polar surface area (TPSA) is 75.4 Å². The molecule has 6 heteroatoms. The first-order chi connectivity index (χ1) is 8.58. The van der Waals surface area contributed by atoms with E-state index in [-0.39, 0.29) is 18.5 Å². The van der Waals surface area contributed by atoms with Crippen LogP contribution >= 0.6 is 0 Å². The highest BCUT2D eigenvalue weighted by atomic mass is 16.4. The van der Waals surface area contributed by atoms with Crippen LogP contribution in [0.5, 0.6) is 0 Å². The fraction of sp³-hybridized carbons (Fsp3) is 0.583. The Morgan fingerprint density at radius 2 is 2.28 bits per heavy atom. The Bertz CT molecular complexity index is 451. The number of carbonyl (C=O) groups is 2. The molecule has 98 valence electrons. The molecule has 0 saturated heterocycles. The van der Waals surface area contributed by atoms with Gasteiger partial charge in [0, 0.05) is 31.4 Å². The molecule has 0 aliphatic heterocycles. The van der Waals surface area contributed by atoms with Crippen molar-refractivity contribution >= 4 is 11.9 Å². The van der Waals surface area contributed by atoms with Crippen LogP contribution in [0.3, 0.4) is 0 Å². The van der Waals surface area contributed by atoms with Crippen LogP contribution in [0.1, 0.15) is 25.0 Å². The predicted molar refractivity (Wildman–Crippen MR) is 63.9 cm³/mol. The fourth-order valence-corrected chi connectivity index (χ4v) is 1.98. The van der Waals surface area contributed by atoms with Gasteiger partial charge in [-0.3, -0.25) is 14.3 Å². The minimum Gasteiger partial charge on any atom is -0.480 e. The second-order valence-electron chi connectivity index (χ2n) is 4.59. The van der Waals surface area contributed by atoms with E-state index >= 15 is 0 Å². The van der Waals surface area contributed by atoms with E-state index in [1.165, 1.54) is 4.90 Å². The molecule has 6 nitrogen and oxygen atoms in total. The first-order valence-corrected chi connectivity index (χ1v) is 6.06. The van der Waals surface area contributed by atoms with Crippen LogP contribution in [0.15, 0.2) is 12.3 Å². The van der Waals surface area contributed by atoms with Crippen molar-refractivity contribution in [2.75, 3.05) is 6.54 Å². The molecule has 1 aromatic rings. The lowest BCUT2D eigenvalue weighted by atomic mass is 10.2. The van der Waals surface area contributed by atoms with Crippen molar-refractivity contribution in [1.29, 1.82) is 0 Å². The molecule has 1 amide bonds. The molecule has 0 atom stereocenters. The van der Waals surface area contributed by atoms with Gasteiger partial charge in [-0.2, -0.15) is 5.10 Å². The zero-order valence-electron chi connectivity index (χ0n) is 10.4. The van der Waals surface area contributed by atoms with Gasteiger partial charge in [0.15, 0.2) is 0 Å². The van der Waals surface area contributed by atoms with Gasteiger partial charge in [-0.15, -0.1) is 0 Å². The molecule has 0 unspecified atom stereocenters. The van der Waals surface area contributed by atoms with Crippen molar-refractivity contribution in [3.05, 3.63) is 18.0 Å². The van der Waals surface area contributed by atoms with E-state index in [1.54, 1.807) is 10.9 Å². The van der Waals surface area contributed by atoms with Crippen molar-refractivity contribution in [3.63, 3.8) is 0 Å². The van der Waals surface area contributed by atoms with E-state index in [0.29, 0.717) is 12.8 Å². The number of carbonyl (C=O) groups excluding carboxylic acids is 1. The number of carboxylic acids is 1. The van der Waals surface area contributed by atoms with Gasteiger partial charge in [-0.25, -0.2) is 0 Å². The third-order valence-electron chi connectivity index (χ3n) is 3.13. The summed E-state index contributed by atoms with van der Waals surface area (Å²) in [5.41, 5.74) is 0.981. The summed E-state index contributed by atoms with van der Waals surface area (Å²) in [6.45, 7) is -0.186. The Morgan fingerprint density at radius 3 is 2.78 bits per heavy atom. The summed E-state index contributed by atoms with van der Waals surface area (Å²) in [7, 11) is 1.83. The number of rotatable bonds is 6. The van der Waals surface area contributed by atoms with E-state index < -0.39 is 5.97 Å². The lowest BCUT2D eigenvalue weighted by molar-refractivity contribution is -0.144. The maximum atomic E-state index is 12.0. The van der Waals surface area contributed by atoms with Gasteiger partial charge < -0.3 is 10.0 Å². The van der Waals surface area contributed by atoms with Gasteiger partial charge in [-0.05, 0) is 25.3 Å². The second-order valence-corrected chi connectivity index (χ2v) is 4.59. The van der Waals surface area contributed by atoms with Crippen molar-refractivity contribution in [2.45, 2.75) is 31.7 Å². The van der Waals surface area contributed by atoms with Gasteiger partial charge >= 0.3 is 5.97 Å². The highest BCUT2D eigenvalue weighted by Gasteiger charge is 2.33. The minimum atomic E-state index is -0.948. The summed E-state index contributed by atoms with van der Waals surface area (Å²) < 4.78 is 1.73. The molecule has 1 aliphatic carbocycles. The standard InChI is InChI=1S/C12H17N3O3/c1-14-9(6-7-13-14)4-5-11(16)15(8-12(17)18)10-2-3-10/h6-7,10H,2-5,8H2,1H3,(H,17,18). The molecule has 0 spiro atoms. The van der Waals surface area contributed by atoms with Crippen molar-refractivity contribution in [2.24, 2.45) is 7.05 Å². The normalized spacial score (nSPS) is 14.5. The van der Waals surface area contributed by atoms with Crippen LogP contribution < -0.4 is 0 Å². The van der Waals surface area contributed by atoms with E-state index in [4.69, 9.17) is 5.11 Å². The number of aryl methyl sites for hydroxylation is 2. The van der Waals surface area contributed by atoms with Crippen LogP contribution in [0.25, 0.3) is 0 Å². The molecule has 1 heterocycles. The lowest BCUT2D eigenvalue weighted by Crippen LogP contribution is -2.37. The van der Waals surface area contributed by atoms with Crippen LogP contribution in [0.4, 0.5) is 0 Å². The second kappa shape index (κ2) is 5.20. The third kappa shape index (κ3) is 3.09. The summed E-state index contributed by atoms with van der Waals surface area (Å²) in [4.78, 5) is 24.2. The number of aliphatic carboxylic acids is 1. The molecule has 0 radical (unpaired) electrons. The summed E-state index contributed by atoms with van der Waals surface area (Å²) in [5, 5.41) is 12.8. The van der Waals surface area contributed by atoms with Crippen molar-refractivity contribution < 1.29 is 14.7 Å². The Hall–Kier alpha value is -1.85. The molecule has 1 N–H and O–H groups in total. The molecular formula is C12H17N3O3. The summed E-state index contributed by atoms with van der Waals surface area (Å²) >= 11 is 0. The molecule has 0 bridgehead atoms. The molecule has 2 rings (SSSR count). The number of carboxylic acid groups (broad SMARTS) is 1. The van der Waals surface area contributed by atoms with Gasteiger partial charge in [0.2, 0.25) is 5.91 Å². The van der Waals surface area contributed by atoms with E-state index in [2.05, 4.69) is 5.10 Å². The van der Waals surface area contributed by atoms with E-state index in [0.717, 1.165) is 18.5 Å². The smallest absolute Gasteiger partial charge is 0.323 e. The number of hydrogen-bond acceptors (Lipinski definition) is 3. The Morgan fingerprint density at radius 1 is 1.56 bits per heavy atom. The maximum absolute atomic E-state index is 12.0. The third-order valence-corrected chi connectivity index (χ3v) is 3.13. The largest absolute Gasteiger partial charge is 0.480 e. The van der Waals surface area contributed by atoms with Gasteiger partial charge in [0.25, 0.3) is 0 Å². The van der Waals surface area contributed by atoms with Gasteiger partial charge in [-0.1, -0.05) is 0 Å². The zero-order chi connectivity index (χ0) is 13.1. The number of hydrogen-bond donors (Lipinski definition) is 1. The molecule has 1 aliphatic rings. The Labute approximate surface area is 105 Å². The minimum absolute atomic E-state index is 0.0823. The summed E-state index contributed by atoms with van der Waals surface area (Å²) in [6, 6.07) is 2.01. The predicted octanol–water partition coefficient (Wildman–Crippen LogP) is 0.428. The average Bonchev–Trinajstić information content (AvgIpc) is 3.07. The van der Waals surface area contributed by atoms with Crippen LogP contribution in [0.2, 0.25) is 0 Å². The van der Waals surface area contributed by atoms with Gasteiger partial charge in [0.1, 0.15) is 6.54 Å². The molecule has 1 saturated carbocycles. The van der Waals surface area contributed by atoms with Crippen LogP contribution in [-0.4, -0.2) is 44.3 Å². The summed E-state index contributed by atoms with van der Waals surface area (Å²) in [6.07, 6.45) is 4.46. The molecule has 18 heavy (non-hydrogen) atoms. The molecule has 1 aromatic heterocycles. The SMILES string of the molecule is Cn1nccc1CCC(=O)N(CC(=O)O)C1CC1. The highest BCUT2D eigenvalue weighted by Crippen LogP contribution is 2.27. The van der Waals surface area contributed by atoms with E-state index in [9.17, 15) is 9.59 Å². The average molecular weight is 251 g/mol. The first kappa shape index (κ1) is 12.6. The van der Waals surface area contributed by atoms with Crippen LogP contribution in [0, 0.1) is 0 Å². The number of nitrogens with zero attached hydrogens (tertiary/aromatic N) is 3. The van der Waals surface area contributed by atoms with E-state index in [1.807, 2.05) is 13.1 Å². The molecule has 0 aromatic carbocycles. The van der Waals surface area contributed by atoms with Crippen molar-refractivity contribution in [1.82, 2.24) is 14.7 Å². The molecule has 1 fully saturated rings. The highest BCUT2D eigenvalue weighted by molar-refractivity contribution is 5.82. The Balaban J connectivity index is 1.89. The molecular weight excluding hydrogens is 234 g/mol. The Kier molecular flexibility index (Phi) is 3.64. The number of aromatic nitrogens is 2. The monoisotopic (exact) mass is 251 g/mol. The zero-order valence-corrected chi connectivity index (χ0v) is 10.4. The maximum Gasteiger partial charge on any atom is 0.323 e. The van der Waals surface area contributed by atoms with Crippen LogP contribution in [-0.2, 0) is 23.1 Å². The fourth-order valence-electron chi connectivity index (χ4n) is 1.98.